The monoisotopic (exact) mass is 553 g/mol. The second kappa shape index (κ2) is 17.2. The Morgan fingerprint density at radius 2 is 1.36 bits per heavy atom. The molecule has 0 atom stereocenters. The molecule has 0 aliphatic rings. The molecular formula is C34H39N3S2. The van der Waals surface area contributed by atoms with Crippen molar-refractivity contribution < 1.29 is 0 Å². The number of anilines is 2. The average Bonchev–Trinajstić information content (AvgIpc) is 2.97. The quantitative estimate of drug-likeness (QED) is 0.106. The van der Waals surface area contributed by atoms with E-state index in [9.17, 15) is 0 Å². The predicted octanol–water partition coefficient (Wildman–Crippen LogP) is 8.91. The zero-order chi connectivity index (χ0) is 27.7. The van der Waals surface area contributed by atoms with E-state index in [0.29, 0.717) is 0 Å². The Morgan fingerprint density at radius 3 is 1.90 bits per heavy atom. The summed E-state index contributed by atoms with van der Waals surface area (Å²) < 4.78 is 0. The average molecular weight is 554 g/mol. The normalized spacial score (nSPS) is 12.0. The second-order valence-corrected chi connectivity index (χ2v) is 11.8. The highest BCUT2D eigenvalue weighted by atomic mass is 33.1. The third-order valence-corrected chi connectivity index (χ3v) is 8.42. The molecule has 0 saturated heterocycles. The molecule has 0 aliphatic carbocycles. The summed E-state index contributed by atoms with van der Waals surface area (Å²) in [6.07, 6.45) is 18.0. The minimum atomic E-state index is 0.970. The van der Waals surface area contributed by atoms with Gasteiger partial charge in [-0.15, -0.1) is 0 Å². The summed E-state index contributed by atoms with van der Waals surface area (Å²) in [5.74, 6) is 2.18. The molecule has 3 rings (SSSR count). The Kier molecular flexibility index (Phi) is 13.3. The van der Waals surface area contributed by atoms with Gasteiger partial charge in [0.05, 0.1) is 5.69 Å². The van der Waals surface area contributed by atoms with E-state index in [0.717, 1.165) is 30.3 Å². The molecule has 0 unspecified atom stereocenters. The van der Waals surface area contributed by atoms with Gasteiger partial charge in [-0.1, -0.05) is 107 Å². The van der Waals surface area contributed by atoms with Gasteiger partial charge in [0.25, 0.3) is 0 Å². The largest absolute Gasteiger partial charge is 0.374 e. The van der Waals surface area contributed by atoms with E-state index in [-0.39, 0.29) is 0 Å². The van der Waals surface area contributed by atoms with Gasteiger partial charge in [0.15, 0.2) is 0 Å². The molecule has 5 heteroatoms. The summed E-state index contributed by atoms with van der Waals surface area (Å²) in [7, 11) is 8.22. The molecule has 0 saturated carbocycles. The van der Waals surface area contributed by atoms with Crippen LogP contribution in [0.4, 0.5) is 11.4 Å². The van der Waals surface area contributed by atoms with E-state index in [1.807, 2.05) is 64.2 Å². The molecule has 3 aromatic rings. The lowest BCUT2D eigenvalue weighted by Gasteiger charge is -2.20. The molecular weight excluding hydrogens is 515 g/mol. The molecule has 0 aliphatic heterocycles. The van der Waals surface area contributed by atoms with Crippen LogP contribution in [0.25, 0.3) is 18.2 Å². The summed E-state index contributed by atoms with van der Waals surface area (Å²) in [5, 5.41) is 0. The van der Waals surface area contributed by atoms with Gasteiger partial charge in [-0.2, -0.15) is 0 Å². The first-order valence-electron chi connectivity index (χ1n) is 13.1. The van der Waals surface area contributed by atoms with Crippen molar-refractivity contribution in [2.24, 2.45) is 0 Å². The van der Waals surface area contributed by atoms with Crippen LogP contribution < -0.4 is 9.80 Å². The highest BCUT2D eigenvalue weighted by Crippen LogP contribution is 2.24. The predicted molar refractivity (Wildman–Crippen MR) is 180 cm³/mol. The maximum absolute atomic E-state index is 4.33. The van der Waals surface area contributed by atoms with Gasteiger partial charge in [-0.05, 0) is 60.5 Å². The number of hydrogen-bond acceptors (Lipinski definition) is 5. The van der Waals surface area contributed by atoms with Crippen molar-refractivity contribution in [3.63, 3.8) is 0 Å². The molecule has 0 spiro atoms. The van der Waals surface area contributed by atoms with Crippen LogP contribution in [0, 0.1) is 0 Å². The third-order valence-electron chi connectivity index (χ3n) is 6.05. The first kappa shape index (κ1) is 30.1. The Bertz CT molecular complexity index is 1240. The van der Waals surface area contributed by atoms with Gasteiger partial charge in [-0.3, -0.25) is 4.98 Å². The molecule has 0 radical (unpaired) electrons. The molecule has 202 valence electrons. The van der Waals surface area contributed by atoms with Crippen LogP contribution in [-0.4, -0.2) is 43.7 Å². The maximum atomic E-state index is 4.33. The molecule has 1 aromatic heterocycles. The van der Waals surface area contributed by atoms with Crippen molar-refractivity contribution in [2.75, 3.05) is 48.5 Å². The van der Waals surface area contributed by atoms with E-state index in [2.05, 4.69) is 115 Å². The van der Waals surface area contributed by atoms with Crippen molar-refractivity contribution in [1.29, 1.82) is 0 Å². The van der Waals surface area contributed by atoms with E-state index in [1.54, 1.807) is 6.08 Å². The number of nitrogens with zero attached hydrogens (tertiary/aromatic N) is 3. The highest BCUT2D eigenvalue weighted by Gasteiger charge is 2.03. The molecule has 2 aromatic carbocycles. The van der Waals surface area contributed by atoms with E-state index in [1.165, 1.54) is 28.1 Å². The minimum absolute atomic E-state index is 0.970. The van der Waals surface area contributed by atoms with Gasteiger partial charge in [0, 0.05) is 56.3 Å². The van der Waals surface area contributed by atoms with Crippen LogP contribution in [0.2, 0.25) is 0 Å². The van der Waals surface area contributed by atoms with Crippen LogP contribution >= 0.6 is 21.6 Å². The van der Waals surface area contributed by atoms with Crippen molar-refractivity contribution >= 4 is 51.2 Å². The maximum Gasteiger partial charge on any atom is 0.0629 e. The lowest BCUT2D eigenvalue weighted by Crippen LogP contribution is -2.21. The smallest absolute Gasteiger partial charge is 0.0629 e. The van der Waals surface area contributed by atoms with Gasteiger partial charge < -0.3 is 9.80 Å². The zero-order valence-electron chi connectivity index (χ0n) is 23.2. The molecule has 0 bridgehead atoms. The van der Waals surface area contributed by atoms with Crippen molar-refractivity contribution in [1.82, 2.24) is 4.98 Å². The third kappa shape index (κ3) is 11.5. The molecule has 39 heavy (non-hydrogen) atoms. The van der Waals surface area contributed by atoms with Gasteiger partial charge >= 0.3 is 0 Å². The van der Waals surface area contributed by atoms with Crippen LogP contribution in [0.3, 0.4) is 0 Å². The Hall–Kier alpha value is -3.41. The second-order valence-electron chi connectivity index (χ2n) is 9.12. The van der Waals surface area contributed by atoms with E-state index >= 15 is 0 Å². The van der Waals surface area contributed by atoms with Crippen LogP contribution in [-0.2, 0) is 0 Å². The SMILES string of the molecule is C=C\C=C/C=C(C)/C=C/c1ccc(N(C)CCSSCCN(C)c2ccc(/C=C/c3ccccn3)cc2)cc1. The molecule has 0 N–H and O–H groups in total. The van der Waals surface area contributed by atoms with Crippen LogP contribution in [0.5, 0.6) is 0 Å². The number of benzene rings is 2. The standard InChI is InChI=1S/C34H39N3S2/c1-5-6-7-10-29(2)12-13-30-15-20-33(21-16-30)36(3)25-27-38-39-28-26-37(4)34-22-17-31(18-23-34)14-19-32-11-8-9-24-35-32/h5-24H,1,25-28H2,2-4H3/b7-6-,13-12+,19-14+,29-10+. The van der Waals surface area contributed by atoms with Gasteiger partial charge in [0.1, 0.15) is 0 Å². The topological polar surface area (TPSA) is 19.4 Å². The number of hydrogen-bond donors (Lipinski definition) is 0. The fourth-order valence-corrected chi connectivity index (χ4v) is 5.72. The van der Waals surface area contributed by atoms with Crippen molar-refractivity contribution in [2.45, 2.75) is 6.92 Å². The Morgan fingerprint density at radius 1 is 0.769 bits per heavy atom. The summed E-state index contributed by atoms with van der Waals surface area (Å²) in [6.45, 7) is 7.83. The van der Waals surface area contributed by atoms with Gasteiger partial charge in [0.2, 0.25) is 0 Å². The first-order chi connectivity index (χ1) is 19.0. The number of rotatable bonds is 15. The van der Waals surface area contributed by atoms with E-state index in [4.69, 9.17) is 0 Å². The zero-order valence-corrected chi connectivity index (χ0v) is 24.9. The lowest BCUT2D eigenvalue weighted by atomic mass is 10.1. The number of allylic oxidation sites excluding steroid dienone is 6. The molecule has 1 heterocycles. The van der Waals surface area contributed by atoms with Crippen molar-refractivity contribution in [3.8, 4) is 0 Å². The Balaban J connectivity index is 1.32. The Labute approximate surface area is 243 Å². The first-order valence-corrected chi connectivity index (χ1v) is 15.6. The summed E-state index contributed by atoms with van der Waals surface area (Å²) in [5.41, 5.74) is 7.05. The minimum Gasteiger partial charge on any atom is -0.374 e. The molecule has 0 fully saturated rings. The molecule has 0 amide bonds. The highest BCUT2D eigenvalue weighted by molar-refractivity contribution is 8.76. The van der Waals surface area contributed by atoms with Gasteiger partial charge in [-0.25, -0.2) is 0 Å². The van der Waals surface area contributed by atoms with Crippen LogP contribution in [0.15, 0.2) is 115 Å². The van der Waals surface area contributed by atoms with Crippen molar-refractivity contribution in [3.05, 3.63) is 132 Å². The summed E-state index contributed by atoms with van der Waals surface area (Å²) in [6, 6.07) is 23.4. The number of aromatic nitrogens is 1. The lowest BCUT2D eigenvalue weighted by molar-refractivity contribution is 0.977. The fraction of sp³-hybridized carbons (Fsp3) is 0.206. The van der Waals surface area contributed by atoms with E-state index < -0.39 is 0 Å². The fourth-order valence-electron chi connectivity index (χ4n) is 3.63. The van der Waals surface area contributed by atoms with Crippen LogP contribution in [0.1, 0.15) is 23.7 Å². The summed E-state index contributed by atoms with van der Waals surface area (Å²) in [4.78, 5) is 8.97. The molecule has 3 nitrogen and oxygen atoms in total. The number of pyridine rings is 1. The summed E-state index contributed by atoms with van der Waals surface area (Å²) >= 11 is 0.